The number of esters is 1. The molecule has 1 aromatic carbocycles. The van der Waals surface area contributed by atoms with Crippen molar-refractivity contribution >= 4 is 23.7 Å². The van der Waals surface area contributed by atoms with Crippen molar-refractivity contribution in [2.75, 3.05) is 7.11 Å². The molecule has 7 heteroatoms. The van der Waals surface area contributed by atoms with Gasteiger partial charge in [0.2, 0.25) is 0 Å². The van der Waals surface area contributed by atoms with Crippen LogP contribution in [0.5, 0.6) is 0 Å². The normalized spacial score (nSPS) is 11.0. The molecule has 112 valence electrons. The fourth-order valence-electron chi connectivity index (χ4n) is 1.73. The number of rotatable bonds is 5. The second-order valence-electron chi connectivity index (χ2n) is 4.18. The van der Waals surface area contributed by atoms with E-state index >= 15 is 0 Å². The number of methoxy groups -OCH3 is 1. The van der Waals surface area contributed by atoms with Gasteiger partial charge in [0.25, 0.3) is 0 Å². The molecule has 1 heterocycles. The summed E-state index contributed by atoms with van der Waals surface area (Å²) in [5.74, 6) is -1.89. The third kappa shape index (κ3) is 3.26. The summed E-state index contributed by atoms with van der Waals surface area (Å²) in [4.78, 5) is 34.0. The zero-order valence-electron chi connectivity index (χ0n) is 11.5. The molecule has 0 saturated carbocycles. The van der Waals surface area contributed by atoms with Crippen LogP contribution in [-0.4, -0.2) is 23.8 Å². The van der Waals surface area contributed by atoms with Gasteiger partial charge in [-0.25, -0.2) is 4.79 Å². The molecule has 2 aromatic rings. The third-order valence-corrected chi connectivity index (χ3v) is 2.77. The van der Waals surface area contributed by atoms with Gasteiger partial charge in [-0.1, -0.05) is 30.3 Å². The smallest absolute Gasteiger partial charge is 0.433 e. The molecule has 0 radical (unpaired) electrons. The monoisotopic (exact) mass is 301 g/mol. The van der Waals surface area contributed by atoms with Crippen LogP contribution in [0.25, 0.3) is 6.08 Å². The van der Waals surface area contributed by atoms with Crippen LogP contribution in [0.3, 0.4) is 0 Å². The number of benzene rings is 1. The first-order valence-electron chi connectivity index (χ1n) is 6.17. The number of hydrogen-bond donors (Lipinski definition) is 0. The van der Waals surface area contributed by atoms with Gasteiger partial charge in [0.15, 0.2) is 5.78 Å². The minimum Gasteiger partial charge on any atom is -0.465 e. The quantitative estimate of drug-likeness (QED) is 0.160. The summed E-state index contributed by atoms with van der Waals surface area (Å²) in [5, 5.41) is 10.6. The Hall–Kier alpha value is -3.22. The highest BCUT2D eigenvalue weighted by Gasteiger charge is 2.22. The van der Waals surface area contributed by atoms with Crippen LogP contribution >= 0.6 is 0 Å². The van der Waals surface area contributed by atoms with Crippen molar-refractivity contribution in [3.8, 4) is 0 Å². The highest BCUT2D eigenvalue weighted by molar-refractivity contribution is 6.26. The van der Waals surface area contributed by atoms with E-state index in [4.69, 9.17) is 4.42 Å². The molecule has 0 aliphatic carbocycles. The highest BCUT2D eigenvalue weighted by Crippen LogP contribution is 2.20. The maximum Gasteiger partial charge on any atom is 0.433 e. The van der Waals surface area contributed by atoms with E-state index in [0.717, 1.165) is 19.3 Å². The predicted molar refractivity (Wildman–Crippen MR) is 76.1 cm³/mol. The molecule has 0 aliphatic rings. The summed E-state index contributed by atoms with van der Waals surface area (Å²) in [6.45, 7) is 0. The van der Waals surface area contributed by atoms with Gasteiger partial charge < -0.3 is 9.15 Å². The van der Waals surface area contributed by atoms with E-state index in [1.807, 2.05) is 0 Å². The molecule has 0 saturated heterocycles. The molecule has 7 nitrogen and oxygen atoms in total. The number of ketones is 1. The summed E-state index contributed by atoms with van der Waals surface area (Å²) >= 11 is 0. The maximum absolute atomic E-state index is 12.3. The first kappa shape index (κ1) is 15.2. The van der Waals surface area contributed by atoms with Gasteiger partial charge in [0, 0.05) is 5.56 Å². The summed E-state index contributed by atoms with van der Waals surface area (Å²) in [6.07, 6.45) is 1.12. The SMILES string of the molecule is COC(=O)C(=Cc1ccc([N+](=O)[O-])o1)C(=O)c1ccccc1. The maximum atomic E-state index is 12.3. The molecule has 22 heavy (non-hydrogen) atoms. The van der Waals surface area contributed by atoms with E-state index in [1.54, 1.807) is 30.3 Å². The Morgan fingerprint density at radius 2 is 1.86 bits per heavy atom. The van der Waals surface area contributed by atoms with Gasteiger partial charge >= 0.3 is 11.9 Å². The first-order chi connectivity index (χ1) is 10.5. The third-order valence-electron chi connectivity index (χ3n) is 2.77. The number of hydrogen-bond acceptors (Lipinski definition) is 6. The zero-order valence-corrected chi connectivity index (χ0v) is 11.5. The molecular formula is C15H11NO6. The van der Waals surface area contributed by atoms with E-state index in [0.29, 0.717) is 5.56 Å². The number of ether oxygens (including phenoxy) is 1. The summed E-state index contributed by atoms with van der Waals surface area (Å²) in [5.41, 5.74) is 0.0122. The summed E-state index contributed by atoms with van der Waals surface area (Å²) in [6, 6.07) is 10.6. The number of nitrogens with zero attached hydrogens (tertiary/aromatic N) is 1. The van der Waals surface area contributed by atoms with Gasteiger partial charge in [-0.15, -0.1) is 0 Å². The average molecular weight is 301 g/mol. The van der Waals surface area contributed by atoms with Gasteiger partial charge in [-0.05, 0) is 12.1 Å². The van der Waals surface area contributed by atoms with Crippen molar-refractivity contribution in [2.24, 2.45) is 0 Å². The molecule has 0 fully saturated rings. The van der Waals surface area contributed by atoms with Crippen molar-refractivity contribution in [3.05, 3.63) is 69.5 Å². The van der Waals surface area contributed by atoms with Crippen molar-refractivity contribution in [3.63, 3.8) is 0 Å². The molecule has 0 bridgehead atoms. The highest BCUT2D eigenvalue weighted by atomic mass is 16.6. The van der Waals surface area contributed by atoms with E-state index < -0.39 is 22.6 Å². The van der Waals surface area contributed by atoms with Gasteiger partial charge in [0.05, 0.1) is 13.2 Å². The minimum absolute atomic E-state index is 0.0105. The van der Waals surface area contributed by atoms with E-state index in [1.165, 1.54) is 6.07 Å². The standard InChI is InChI=1S/C15H11NO6/c1-21-15(18)12(14(17)10-5-3-2-4-6-10)9-11-7-8-13(22-11)16(19)20/h2-9H,1H3. The van der Waals surface area contributed by atoms with Crippen molar-refractivity contribution in [1.82, 2.24) is 0 Å². The van der Waals surface area contributed by atoms with Crippen LogP contribution in [0.4, 0.5) is 5.88 Å². The molecule has 0 spiro atoms. The Kier molecular flexibility index (Phi) is 4.47. The molecule has 0 unspecified atom stereocenters. The van der Waals surface area contributed by atoms with Gasteiger partial charge in [-0.2, -0.15) is 0 Å². The topological polar surface area (TPSA) is 99.7 Å². The predicted octanol–water partition coefficient (Wildman–Crippen LogP) is 2.63. The lowest BCUT2D eigenvalue weighted by atomic mass is 10.0. The largest absolute Gasteiger partial charge is 0.465 e. The zero-order chi connectivity index (χ0) is 16.1. The number of Topliss-reactive ketones (excluding diaryl/α,β-unsaturated/α-hetero) is 1. The summed E-state index contributed by atoms with van der Waals surface area (Å²) < 4.78 is 9.50. The Morgan fingerprint density at radius 1 is 1.18 bits per heavy atom. The van der Waals surface area contributed by atoms with Crippen LogP contribution in [0.2, 0.25) is 0 Å². The molecule has 0 aliphatic heterocycles. The van der Waals surface area contributed by atoms with Crippen LogP contribution in [0.15, 0.2) is 52.5 Å². The van der Waals surface area contributed by atoms with Crippen molar-refractivity contribution < 1.29 is 23.7 Å². The van der Waals surface area contributed by atoms with Gasteiger partial charge in [0.1, 0.15) is 16.3 Å². The minimum atomic E-state index is -0.854. The fraction of sp³-hybridized carbons (Fsp3) is 0.0667. The molecule has 0 atom stereocenters. The first-order valence-corrected chi connectivity index (χ1v) is 6.17. The molecule has 0 N–H and O–H groups in total. The number of nitro groups is 1. The van der Waals surface area contributed by atoms with Crippen LogP contribution < -0.4 is 0 Å². The second-order valence-corrected chi connectivity index (χ2v) is 4.18. The molecular weight excluding hydrogens is 290 g/mol. The molecule has 2 rings (SSSR count). The van der Waals surface area contributed by atoms with E-state index in [2.05, 4.69) is 4.74 Å². The Bertz CT molecular complexity index is 744. The Labute approximate surface area is 125 Å². The van der Waals surface area contributed by atoms with E-state index in [-0.39, 0.29) is 11.3 Å². The Morgan fingerprint density at radius 3 is 2.41 bits per heavy atom. The number of carbonyl (C=O) groups excluding carboxylic acids is 2. The Balaban J connectivity index is 2.41. The lowest BCUT2D eigenvalue weighted by molar-refractivity contribution is -0.402. The number of carbonyl (C=O) groups is 2. The van der Waals surface area contributed by atoms with Gasteiger partial charge in [-0.3, -0.25) is 14.9 Å². The molecule has 0 amide bonds. The fourth-order valence-corrected chi connectivity index (χ4v) is 1.73. The molecule has 1 aromatic heterocycles. The number of furan rings is 1. The van der Waals surface area contributed by atoms with Crippen LogP contribution in [-0.2, 0) is 9.53 Å². The van der Waals surface area contributed by atoms with Crippen molar-refractivity contribution in [2.45, 2.75) is 0 Å². The average Bonchev–Trinajstić information content (AvgIpc) is 3.01. The van der Waals surface area contributed by atoms with Crippen LogP contribution in [0, 0.1) is 10.1 Å². The summed E-state index contributed by atoms with van der Waals surface area (Å²) in [7, 11) is 1.14. The lowest BCUT2D eigenvalue weighted by Gasteiger charge is -2.04. The lowest BCUT2D eigenvalue weighted by Crippen LogP contribution is -2.14. The van der Waals surface area contributed by atoms with Crippen LogP contribution in [0.1, 0.15) is 16.1 Å². The van der Waals surface area contributed by atoms with Crippen molar-refractivity contribution in [1.29, 1.82) is 0 Å². The second kappa shape index (κ2) is 6.49. The van der Waals surface area contributed by atoms with E-state index in [9.17, 15) is 19.7 Å².